The Bertz CT molecular complexity index is 445. The summed E-state index contributed by atoms with van der Waals surface area (Å²) in [6.45, 7) is 4.41. The lowest BCUT2D eigenvalue weighted by atomic mass is 10.1. The summed E-state index contributed by atoms with van der Waals surface area (Å²) in [4.78, 5) is 5.80. The smallest absolute Gasteiger partial charge is 0.0845 e. The molecule has 0 saturated heterocycles. The first-order valence-corrected chi connectivity index (χ1v) is 6.55. The van der Waals surface area contributed by atoms with E-state index in [9.17, 15) is 0 Å². The van der Waals surface area contributed by atoms with Crippen LogP contribution in [0, 0.1) is 0 Å². The zero-order chi connectivity index (χ0) is 10.8. The molecular formula is C12H12BrNS. The third-order valence-corrected chi connectivity index (χ3v) is 3.90. The van der Waals surface area contributed by atoms with Gasteiger partial charge in [-0.1, -0.05) is 41.9 Å². The summed E-state index contributed by atoms with van der Waals surface area (Å²) in [5.41, 5.74) is 4.25. The van der Waals surface area contributed by atoms with Crippen molar-refractivity contribution in [3.63, 3.8) is 0 Å². The summed E-state index contributed by atoms with van der Waals surface area (Å²) in [6.07, 6.45) is 0. The minimum atomic E-state index is 0.538. The van der Waals surface area contributed by atoms with Gasteiger partial charge in [0.1, 0.15) is 0 Å². The first-order chi connectivity index (χ1) is 7.18. The largest absolute Gasteiger partial charge is 0.244 e. The lowest BCUT2D eigenvalue weighted by Gasteiger charge is -2.05. The second-order valence-corrected chi connectivity index (χ2v) is 5.53. The highest BCUT2D eigenvalue weighted by Gasteiger charge is 2.11. The van der Waals surface area contributed by atoms with E-state index in [1.165, 1.54) is 10.4 Å². The summed E-state index contributed by atoms with van der Waals surface area (Å²) < 4.78 is 1.10. The number of benzene rings is 1. The molecule has 1 aromatic carbocycles. The van der Waals surface area contributed by atoms with Crippen molar-refractivity contribution >= 4 is 27.3 Å². The summed E-state index contributed by atoms with van der Waals surface area (Å²) in [7, 11) is 0. The minimum absolute atomic E-state index is 0.538. The highest BCUT2D eigenvalue weighted by molar-refractivity contribution is 9.10. The molecule has 0 aliphatic carbocycles. The second-order valence-electron chi connectivity index (χ2n) is 3.73. The summed E-state index contributed by atoms with van der Waals surface area (Å²) in [5.74, 6) is 0.538. The van der Waals surface area contributed by atoms with Crippen LogP contribution in [0.1, 0.15) is 24.6 Å². The average molecular weight is 282 g/mol. The van der Waals surface area contributed by atoms with E-state index in [2.05, 4.69) is 59.0 Å². The van der Waals surface area contributed by atoms with Crippen LogP contribution < -0.4 is 0 Å². The maximum Gasteiger partial charge on any atom is 0.0845 e. The molecule has 1 nitrogen and oxygen atoms in total. The third-order valence-electron chi connectivity index (χ3n) is 2.24. The first kappa shape index (κ1) is 10.8. The van der Waals surface area contributed by atoms with Crippen LogP contribution in [0.25, 0.3) is 11.3 Å². The van der Waals surface area contributed by atoms with Crippen molar-refractivity contribution in [2.45, 2.75) is 19.8 Å². The first-order valence-electron chi connectivity index (χ1n) is 4.88. The molecule has 2 rings (SSSR count). The Morgan fingerprint density at radius 2 is 1.87 bits per heavy atom. The normalized spacial score (nSPS) is 10.9. The molecule has 0 spiro atoms. The number of hydrogen-bond acceptors (Lipinski definition) is 2. The van der Waals surface area contributed by atoms with Crippen molar-refractivity contribution < 1.29 is 0 Å². The van der Waals surface area contributed by atoms with Gasteiger partial charge in [-0.3, -0.25) is 0 Å². The van der Waals surface area contributed by atoms with Crippen LogP contribution in [0.3, 0.4) is 0 Å². The molecule has 1 aromatic heterocycles. The van der Waals surface area contributed by atoms with E-state index < -0.39 is 0 Å². The van der Waals surface area contributed by atoms with Crippen LogP contribution in [-0.2, 0) is 0 Å². The van der Waals surface area contributed by atoms with E-state index >= 15 is 0 Å². The number of aromatic nitrogens is 1. The molecular weight excluding hydrogens is 270 g/mol. The zero-order valence-corrected chi connectivity index (χ0v) is 11.1. The number of halogens is 1. The molecule has 0 amide bonds. The summed E-state index contributed by atoms with van der Waals surface area (Å²) in [6, 6.07) is 8.31. The van der Waals surface area contributed by atoms with Crippen LogP contribution in [0.5, 0.6) is 0 Å². The van der Waals surface area contributed by atoms with Gasteiger partial charge in [0.25, 0.3) is 0 Å². The second kappa shape index (κ2) is 4.45. The molecule has 0 aliphatic heterocycles. The maximum atomic E-state index is 4.44. The van der Waals surface area contributed by atoms with Gasteiger partial charge < -0.3 is 0 Å². The molecule has 0 aliphatic rings. The monoisotopic (exact) mass is 281 g/mol. The minimum Gasteiger partial charge on any atom is -0.244 e. The number of thiazole rings is 1. The van der Waals surface area contributed by atoms with Crippen molar-refractivity contribution in [3.05, 3.63) is 39.1 Å². The van der Waals surface area contributed by atoms with Crippen LogP contribution in [0.4, 0.5) is 0 Å². The molecule has 0 radical (unpaired) electrons. The molecule has 0 N–H and O–H groups in total. The van der Waals surface area contributed by atoms with Gasteiger partial charge in [0.05, 0.1) is 11.2 Å². The fourth-order valence-electron chi connectivity index (χ4n) is 1.49. The molecule has 0 saturated carbocycles. The Balaban J connectivity index is 2.45. The van der Waals surface area contributed by atoms with Crippen molar-refractivity contribution in [1.82, 2.24) is 4.98 Å². The van der Waals surface area contributed by atoms with Gasteiger partial charge in [-0.05, 0) is 18.1 Å². The standard InChI is InChI=1S/C12H12BrNS/c1-8(2)12-11(14-7-15-12)9-3-5-10(13)6-4-9/h3-8H,1-2H3. The van der Waals surface area contributed by atoms with E-state index in [0.717, 1.165) is 10.2 Å². The Labute approximate surface area is 102 Å². The van der Waals surface area contributed by atoms with Crippen molar-refractivity contribution in [3.8, 4) is 11.3 Å². The average Bonchev–Trinajstić information content (AvgIpc) is 2.67. The molecule has 0 fully saturated rings. The lowest BCUT2D eigenvalue weighted by Crippen LogP contribution is -1.87. The van der Waals surface area contributed by atoms with E-state index in [1.54, 1.807) is 11.3 Å². The van der Waals surface area contributed by atoms with Gasteiger partial charge >= 0.3 is 0 Å². The predicted octanol–water partition coefficient (Wildman–Crippen LogP) is 4.70. The molecule has 3 heteroatoms. The Kier molecular flexibility index (Phi) is 3.22. The van der Waals surface area contributed by atoms with E-state index in [0.29, 0.717) is 5.92 Å². The Hall–Kier alpha value is -0.670. The highest BCUT2D eigenvalue weighted by atomic mass is 79.9. The predicted molar refractivity (Wildman–Crippen MR) is 69.3 cm³/mol. The van der Waals surface area contributed by atoms with Gasteiger partial charge in [-0.25, -0.2) is 4.98 Å². The molecule has 0 unspecified atom stereocenters. The quantitative estimate of drug-likeness (QED) is 0.778. The fraction of sp³-hybridized carbons (Fsp3) is 0.250. The van der Waals surface area contributed by atoms with Gasteiger partial charge in [-0.2, -0.15) is 0 Å². The Morgan fingerprint density at radius 1 is 1.20 bits per heavy atom. The fourth-order valence-corrected chi connectivity index (χ4v) is 2.58. The summed E-state index contributed by atoms with van der Waals surface area (Å²) >= 11 is 5.17. The van der Waals surface area contributed by atoms with Crippen molar-refractivity contribution in [2.24, 2.45) is 0 Å². The topological polar surface area (TPSA) is 12.9 Å². The van der Waals surface area contributed by atoms with Gasteiger partial charge in [0, 0.05) is 14.9 Å². The van der Waals surface area contributed by atoms with Crippen LogP contribution in [-0.4, -0.2) is 4.98 Å². The van der Waals surface area contributed by atoms with Crippen molar-refractivity contribution in [2.75, 3.05) is 0 Å². The molecule has 0 atom stereocenters. The van der Waals surface area contributed by atoms with E-state index in [4.69, 9.17) is 0 Å². The lowest BCUT2D eigenvalue weighted by molar-refractivity contribution is 0.888. The number of nitrogens with zero attached hydrogens (tertiary/aromatic N) is 1. The van der Waals surface area contributed by atoms with Crippen LogP contribution in [0.15, 0.2) is 34.2 Å². The maximum absolute atomic E-state index is 4.44. The van der Waals surface area contributed by atoms with E-state index in [-0.39, 0.29) is 0 Å². The zero-order valence-electron chi connectivity index (χ0n) is 8.70. The third kappa shape index (κ3) is 2.29. The molecule has 1 heterocycles. The molecule has 2 aromatic rings. The molecule has 0 bridgehead atoms. The van der Waals surface area contributed by atoms with Crippen LogP contribution >= 0.6 is 27.3 Å². The molecule has 15 heavy (non-hydrogen) atoms. The number of hydrogen-bond donors (Lipinski definition) is 0. The number of rotatable bonds is 2. The highest BCUT2D eigenvalue weighted by Crippen LogP contribution is 2.31. The van der Waals surface area contributed by atoms with Crippen molar-refractivity contribution in [1.29, 1.82) is 0 Å². The Morgan fingerprint density at radius 3 is 2.47 bits per heavy atom. The molecule has 78 valence electrons. The summed E-state index contributed by atoms with van der Waals surface area (Å²) in [5, 5.41) is 0. The van der Waals surface area contributed by atoms with Gasteiger partial charge in [-0.15, -0.1) is 11.3 Å². The van der Waals surface area contributed by atoms with E-state index in [1.807, 2.05) is 5.51 Å². The van der Waals surface area contributed by atoms with Gasteiger partial charge in [0.15, 0.2) is 0 Å². The van der Waals surface area contributed by atoms with Crippen LogP contribution in [0.2, 0.25) is 0 Å². The van der Waals surface area contributed by atoms with Gasteiger partial charge in [0.2, 0.25) is 0 Å². The SMILES string of the molecule is CC(C)c1scnc1-c1ccc(Br)cc1.